The van der Waals surface area contributed by atoms with Crippen molar-refractivity contribution in [1.29, 1.82) is 0 Å². The number of rotatable bonds is 6. The van der Waals surface area contributed by atoms with Crippen LogP contribution in [0.15, 0.2) is 48.7 Å². The monoisotopic (exact) mass is 562 g/mol. The number of halogens is 1. The van der Waals surface area contributed by atoms with Crippen molar-refractivity contribution in [3.63, 3.8) is 0 Å². The number of piperidine rings is 2. The average Bonchev–Trinajstić information content (AvgIpc) is 3.29. The first-order chi connectivity index (χ1) is 19.8. The molecule has 216 valence electrons. The number of fused-ring (bicyclic) bond motifs is 1. The van der Waals surface area contributed by atoms with E-state index in [1.54, 1.807) is 4.90 Å². The Hall–Kier alpha value is -3.99. The number of carbonyl (C=O) groups excluding carboxylic acids is 2. The summed E-state index contributed by atoms with van der Waals surface area (Å²) in [4.78, 5) is 44.4. The molecule has 0 spiro atoms. The van der Waals surface area contributed by atoms with Gasteiger partial charge < -0.3 is 20.0 Å². The molecule has 4 aliphatic rings. The Balaban J connectivity index is 0.993. The molecule has 2 aromatic rings. The van der Waals surface area contributed by atoms with Crippen molar-refractivity contribution in [2.24, 2.45) is 5.92 Å². The van der Waals surface area contributed by atoms with Crippen LogP contribution in [0.1, 0.15) is 41.6 Å². The zero-order valence-corrected chi connectivity index (χ0v) is 23.1. The lowest BCUT2D eigenvalue weighted by molar-refractivity contribution is -0.385. The van der Waals surface area contributed by atoms with Crippen molar-refractivity contribution in [1.82, 2.24) is 15.1 Å². The van der Waals surface area contributed by atoms with Gasteiger partial charge in [0.2, 0.25) is 5.91 Å². The van der Waals surface area contributed by atoms with Crippen LogP contribution in [0.4, 0.5) is 21.5 Å². The third-order valence-electron chi connectivity index (χ3n) is 8.97. The number of piperazine rings is 1. The summed E-state index contributed by atoms with van der Waals surface area (Å²) in [7, 11) is 0. The smallest absolute Gasteiger partial charge is 0.272 e. The maximum Gasteiger partial charge on any atom is 0.272 e. The Labute approximate surface area is 238 Å². The second-order valence-corrected chi connectivity index (χ2v) is 11.5. The number of hydrogen-bond donors (Lipinski definition) is 1. The summed E-state index contributed by atoms with van der Waals surface area (Å²) in [5.74, 6) is -0.234. The van der Waals surface area contributed by atoms with Gasteiger partial charge in [-0.25, -0.2) is 4.39 Å². The predicted molar refractivity (Wildman–Crippen MR) is 153 cm³/mol. The van der Waals surface area contributed by atoms with Crippen molar-refractivity contribution in [2.45, 2.75) is 38.3 Å². The number of non-ortho nitro benzene ring substituents is 1. The largest absolute Gasteiger partial charge is 0.369 e. The third kappa shape index (κ3) is 5.50. The number of nitrogens with one attached hydrogen (secondary N) is 1. The highest BCUT2D eigenvalue weighted by Crippen LogP contribution is 2.32. The minimum atomic E-state index is -0.575. The van der Waals surface area contributed by atoms with Gasteiger partial charge in [0.25, 0.3) is 11.6 Å². The number of carbonyl (C=O) groups is 2. The zero-order valence-electron chi connectivity index (χ0n) is 23.1. The molecule has 2 aromatic carbocycles. The minimum absolute atomic E-state index is 0.0774. The summed E-state index contributed by atoms with van der Waals surface area (Å²) in [6, 6.07) is 9.46. The third-order valence-corrected chi connectivity index (χ3v) is 8.97. The number of nitro groups is 1. The fourth-order valence-corrected chi connectivity index (χ4v) is 6.61. The minimum Gasteiger partial charge on any atom is -0.369 e. The highest BCUT2D eigenvalue weighted by atomic mass is 19.1. The van der Waals surface area contributed by atoms with Gasteiger partial charge in [-0.15, -0.1) is 0 Å². The van der Waals surface area contributed by atoms with Crippen molar-refractivity contribution >= 4 is 28.9 Å². The molecule has 2 amide bonds. The van der Waals surface area contributed by atoms with Crippen LogP contribution in [0.2, 0.25) is 0 Å². The van der Waals surface area contributed by atoms with Crippen LogP contribution in [-0.2, 0) is 11.3 Å². The van der Waals surface area contributed by atoms with Gasteiger partial charge in [-0.05, 0) is 61.4 Å². The first-order valence-corrected chi connectivity index (χ1v) is 14.4. The molecule has 1 N–H and O–H groups in total. The first-order valence-electron chi connectivity index (χ1n) is 14.4. The Morgan fingerprint density at radius 3 is 2.41 bits per heavy atom. The Morgan fingerprint density at radius 2 is 1.73 bits per heavy atom. The fourth-order valence-electron chi connectivity index (χ4n) is 6.61. The van der Waals surface area contributed by atoms with E-state index in [0.29, 0.717) is 42.3 Å². The molecule has 4 heterocycles. The zero-order chi connectivity index (χ0) is 28.7. The molecule has 4 aliphatic heterocycles. The van der Waals surface area contributed by atoms with E-state index in [2.05, 4.69) is 27.8 Å². The summed E-state index contributed by atoms with van der Waals surface area (Å²) < 4.78 is 14.5. The highest BCUT2D eigenvalue weighted by Gasteiger charge is 2.38. The molecule has 41 heavy (non-hydrogen) atoms. The molecule has 0 bridgehead atoms. The van der Waals surface area contributed by atoms with Gasteiger partial charge >= 0.3 is 0 Å². The van der Waals surface area contributed by atoms with E-state index in [1.807, 2.05) is 17.0 Å². The molecule has 1 atom stereocenters. The molecule has 0 unspecified atom stereocenters. The second-order valence-electron chi connectivity index (χ2n) is 11.5. The molecule has 11 heteroatoms. The highest BCUT2D eigenvalue weighted by molar-refractivity contribution is 6.01. The maximum absolute atomic E-state index is 14.5. The molecule has 10 nitrogen and oxygen atoms in total. The molecule has 3 saturated heterocycles. The summed E-state index contributed by atoms with van der Waals surface area (Å²) in [6.45, 7) is 10.5. The van der Waals surface area contributed by atoms with E-state index in [9.17, 15) is 24.1 Å². The van der Waals surface area contributed by atoms with Crippen LogP contribution in [0, 0.1) is 21.8 Å². The molecule has 0 radical (unpaired) electrons. The molecule has 0 saturated carbocycles. The van der Waals surface area contributed by atoms with Gasteiger partial charge in [0, 0.05) is 75.4 Å². The molecule has 3 fully saturated rings. The fraction of sp³-hybridized carbons (Fsp3) is 0.467. The van der Waals surface area contributed by atoms with Crippen molar-refractivity contribution in [2.75, 3.05) is 55.6 Å². The number of hydrogen-bond acceptors (Lipinski definition) is 7. The summed E-state index contributed by atoms with van der Waals surface area (Å²) in [5, 5.41) is 13.7. The summed E-state index contributed by atoms with van der Waals surface area (Å²) in [6.07, 6.45) is 3.20. The van der Waals surface area contributed by atoms with E-state index in [0.717, 1.165) is 76.0 Å². The quantitative estimate of drug-likeness (QED) is 0.425. The lowest BCUT2D eigenvalue weighted by atomic mass is 9.95. The number of allylic oxidation sites excluding steroid dienone is 1. The summed E-state index contributed by atoms with van der Waals surface area (Å²) >= 11 is 0. The van der Waals surface area contributed by atoms with Gasteiger partial charge in [0.15, 0.2) is 5.82 Å². The van der Waals surface area contributed by atoms with E-state index >= 15 is 0 Å². The van der Waals surface area contributed by atoms with E-state index in [1.165, 1.54) is 12.1 Å². The topological polar surface area (TPSA) is 102 Å². The lowest BCUT2D eigenvalue weighted by Gasteiger charge is -2.40. The molecule has 6 rings (SSSR count). The van der Waals surface area contributed by atoms with Crippen LogP contribution in [0.25, 0.3) is 0 Å². The van der Waals surface area contributed by atoms with Gasteiger partial charge in [0.05, 0.1) is 16.7 Å². The van der Waals surface area contributed by atoms with Gasteiger partial charge in [-0.3, -0.25) is 24.6 Å². The normalized spacial score (nSPS) is 22.2. The van der Waals surface area contributed by atoms with Gasteiger partial charge in [-0.1, -0.05) is 6.58 Å². The molecule has 0 aromatic heterocycles. The Bertz CT molecular complexity index is 1380. The number of nitrogens with zero attached hydrogens (tertiary/aromatic N) is 5. The van der Waals surface area contributed by atoms with E-state index in [4.69, 9.17) is 0 Å². The van der Waals surface area contributed by atoms with Crippen LogP contribution in [0.3, 0.4) is 0 Å². The van der Waals surface area contributed by atoms with Gasteiger partial charge in [0.1, 0.15) is 6.04 Å². The van der Waals surface area contributed by atoms with Crippen LogP contribution >= 0.6 is 0 Å². The Kier molecular flexibility index (Phi) is 7.37. The van der Waals surface area contributed by atoms with Gasteiger partial charge in [-0.2, -0.15) is 0 Å². The van der Waals surface area contributed by atoms with Crippen LogP contribution in [0.5, 0.6) is 0 Å². The number of nitro benzene ring substituents is 1. The maximum atomic E-state index is 14.5. The number of anilines is 2. The first kappa shape index (κ1) is 27.2. The van der Waals surface area contributed by atoms with Crippen molar-refractivity contribution in [3.05, 3.63) is 75.7 Å². The lowest BCUT2D eigenvalue weighted by Crippen LogP contribution is -2.49. The van der Waals surface area contributed by atoms with Crippen molar-refractivity contribution in [3.8, 4) is 0 Å². The van der Waals surface area contributed by atoms with Crippen molar-refractivity contribution < 1.29 is 18.9 Å². The molecular weight excluding hydrogens is 527 g/mol. The summed E-state index contributed by atoms with van der Waals surface area (Å²) in [5.41, 5.74) is 3.69. The number of benzene rings is 2. The van der Waals surface area contributed by atoms with E-state index in [-0.39, 0.29) is 17.5 Å². The van der Waals surface area contributed by atoms with Crippen LogP contribution < -0.4 is 15.1 Å². The Morgan fingerprint density at radius 1 is 0.976 bits per heavy atom. The second kappa shape index (κ2) is 11.1. The number of amides is 2. The van der Waals surface area contributed by atoms with E-state index < -0.39 is 16.8 Å². The molecular formula is C30H35FN6O4. The predicted octanol–water partition coefficient (Wildman–Crippen LogP) is 3.52. The standard InChI is InChI=1S/C30H35FN6O4/c1-20-2-6-28(29(38)32-20)36-19-22-16-23(3-5-25(22)30(36)39)34-14-12-33(13-15-34)18-21-8-10-35(11-9-21)27-7-4-24(37(40)41)17-26(27)31/h3-5,7,16-17,21,28H,1-2,6,8-15,18-19H2,(H,32,38)/t28-/m0/s1. The molecule has 0 aliphatic carbocycles. The van der Waals surface area contributed by atoms with Crippen LogP contribution in [-0.4, -0.2) is 78.4 Å². The SMILES string of the molecule is C=C1CC[C@H](N2Cc3cc(N4CCN(CC5CCN(c6ccc([N+](=O)[O-])cc6F)CC5)CC4)ccc3C2=O)C(=O)N1. The average molecular weight is 563 g/mol.